The Hall–Kier alpha value is -2.47. The number of allylic oxidation sites excluding steroid dienone is 2. The summed E-state index contributed by atoms with van der Waals surface area (Å²) in [6.45, 7) is 12.7. The van der Waals surface area contributed by atoms with E-state index in [1.54, 1.807) is 4.90 Å². The lowest BCUT2D eigenvalue weighted by atomic mass is 9.86. The van der Waals surface area contributed by atoms with Gasteiger partial charge in [0.25, 0.3) is 5.91 Å². The number of carbonyl (C=O) groups excluding carboxylic acids is 2. The van der Waals surface area contributed by atoms with Gasteiger partial charge in [-0.2, -0.15) is 0 Å². The van der Waals surface area contributed by atoms with E-state index in [1.807, 2.05) is 25.1 Å². The predicted octanol–water partition coefficient (Wildman–Crippen LogP) is 5.93. The quantitative estimate of drug-likeness (QED) is 0.255. The first-order valence-corrected chi connectivity index (χ1v) is 12.7. The number of anilines is 1. The zero-order valence-corrected chi connectivity index (χ0v) is 21.4. The van der Waals surface area contributed by atoms with Crippen LogP contribution in [0, 0.1) is 5.92 Å². The Bertz CT molecular complexity index is 959. The minimum atomic E-state index is -0.447. The third-order valence-electron chi connectivity index (χ3n) is 6.50. The normalized spacial score (nSPS) is 20.5. The highest BCUT2D eigenvalue weighted by atomic mass is 32.1. The molecule has 0 bridgehead atoms. The predicted molar refractivity (Wildman–Crippen MR) is 139 cm³/mol. The van der Waals surface area contributed by atoms with Gasteiger partial charge in [0, 0.05) is 37.0 Å². The summed E-state index contributed by atoms with van der Waals surface area (Å²) in [4.78, 5) is 31.4. The molecule has 5 nitrogen and oxygen atoms in total. The Morgan fingerprint density at radius 2 is 1.76 bits per heavy atom. The third kappa shape index (κ3) is 5.06. The zero-order chi connectivity index (χ0) is 24.1. The molecule has 2 aliphatic rings. The number of carbonyl (C=O) groups is 2. The fraction of sp³-hybridized carbons (Fsp3) is 0.519. The number of rotatable bonds is 9. The SMILES string of the molecule is CCCCC1C(=O)/C(=C2\C=C(C)c3ccc(N(CC)CC)cc3O2)C(=O)N(CCCC)C1=S. The number of piperidine rings is 1. The first-order chi connectivity index (χ1) is 15.9. The van der Waals surface area contributed by atoms with Crippen molar-refractivity contribution in [1.29, 1.82) is 0 Å². The molecule has 1 aromatic rings. The number of amides is 1. The monoisotopic (exact) mass is 468 g/mol. The molecule has 0 N–H and O–H groups in total. The van der Waals surface area contributed by atoms with Crippen molar-refractivity contribution in [3.63, 3.8) is 0 Å². The van der Waals surface area contributed by atoms with Crippen LogP contribution in [-0.4, -0.2) is 41.2 Å². The number of Topliss-reactive ketones (excluding diaryl/α,β-unsaturated/α-hetero) is 1. The topological polar surface area (TPSA) is 49.9 Å². The van der Waals surface area contributed by atoms with Crippen molar-refractivity contribution in [1.82, 2.24) is 4.90 Å². The third-order valence-corrected chi connectivity index (χ3v) is 7.01. The average molecular weight is 469 g/mol. The summed E-state index contributed by atoms with van der Waals surface area (Å²) in [5.74, 6) is 0.0537. The fourth-order valence-corrected chi connectivity index (χ4v) is 4.88. The molecule has 2 aliphatic heterocycles. The number of unbranched alkanes of at least 4 members (excludes halogenated alkanes) is 2. The maximum Gasteiger partial charge on any atom is 0.266 e. The second-order valence-electron chi connectivity index (χ2n) is 8.73. The number of fused-ring (bicyclic) bond motifs is 1. The van der Waals surface area contributed by atoms with Crippen LogP contribution in [0.2, 0.25) is 0 Å². The number of ether oxygens (including phenoxy) is 1. The lowest BCUT2D eigenvalue weighted by Gasteiger charge is -2.35. The maximum atomic E-state index is 13.5. The summed E-state index contributed by atoms with van der Waals surface area (Å²) in [7, 11) is 0. The summed E-state index contributed by atoms with van der Waals surface area (Å²) < 4.78 is 6.27. The summed E-state index contributed by atoms with van der Waals surface area (Å²) in [6, 6.07) is 6.14. The molecule has 1 atom stereocenters. The molecule has 0 radical (unpaired) electrons. The summed E-state index contributed by atoms with van der Waals surface area (Å²) in [5.41, 5.74) is 3.15. The van der Waals surface area contributed by atoms with Gasteiger partial charge < -0.3 is 14.5 Å². The largest absolute Gasteiger partial charge is 0.456 e. The Labute approximate surface area is 203 Å². The van der Waals surface area contributed by atoms with E-state index in [1.165, 1.54) is 0 Å². The van der Waals surface area contributed by atoms with Crippen molar-refractivity contribution in [3.8, 4) is 5.75 Å². The Morgan fingerprint density at radius 1 is 1.06 bits per heavy atom. The fourth-order valence-electron chi connectivity index (χ4n) is 4.48. The van der Waals surface area contributed by atoms with Crippen molar-refractivity contribution < 1.29 is 14.3 Å². The molecule has 3 rings (SSSR count). The van der Waals surface area contributed by atoms with Crippen LogP contribution in [0.25, 0.3) is 5.57 Å². The highest BCUT2D eigenvalue weighted by Gasteiger charge is 2.43. The van der Waals surface area contributed by atoms with Crippen molar-refractivity contribution in [3.05, 3.63) is 41.2 Å². The van der Waals surface area contributed by atoms with E-state index < -0.39 is 5.92 Å². The van der Waals surface area contributed by atoms with Gasteiger partial charge in [0.2, 0.25) is 0 Å². The smallest absolute Gasteiger partial charge is 0.266 e. The van der Waals surface area contributed by atoms with E-state index in [2.05, 4.69) is 38.7 Å². The second kappa shape index (κ2) is 11.1. The van der Waals surface area contributed by atoms with Crippen molar-refractivity contribution in [2.24, 2.45) is 5.92 Å². The standard InChI is InChI=1S/C27H36N2O3S/c1-6-10-12-21-25(30)24(26(31)29(27(21)33)15-11-7-2)23-16-18(5)20-14-13-19(17-22(20)32-23)28(8-3)9-4/h13-14,16-17,21H,6-12,15H2,1-5H3/b24-23-. The number of benzene rings is 1. The number of hydrogen-bond donors (Lipinski definition) is 0. The van der Waals surface area contributed by atoms with Gasteiger partial charge in [-0.25, -0.2) is 0 Å². The van der Waals surface area contributed by atoms with Crippen LogP contribution in [0.3, 0.4) is 0 Å². The van der Waals surface area contributed by atoms with E-state index in [0.717, 1.165) is 55.6 Å². The summed E-state index contributed by atoms with van der Waals surface area (Å²) >= 11 is 5.64. The van der Waals surface area contributed by atoms with Gasteiger partial charge >= 0.3 is 0 Å². The van der Waals surface area contributed by atoms with Crippen LogP contribution < -0.4 is 9.64 Å². The van der Waals surface area contributed by atoms with Gasteiger partial charge in [-0.15, -0.1) is 0 Å². The van der Waals surface area contributed by atoms with Crippen LogP contribution >= 0.6 is 12.2 Å². The number of likely N-dealkylation sites (tertiary alicyclic amines) is 1. The molecule has 178 valence electrons. The zero-order valence-electron chi connectivity index (χ0n) is 20.6. The van der Waals surface area contributed by atoms with Gasteiger partial charge in [0.05, 0.1) is 10.9 Å². The van der Waals surface area contributed by atoms with Gasteiger partial charge in [0.1, 0.15) is 17.1 Å². The minimum absolute atomic E-state index is 0.138. The Balaban J connectivity index is 2.07. The molecule has 1 saturated heterocycles. The second-order valence-corrected chi connectivity index (χ2v) is 9.15. The van der Waals surface area contributed by atoms with Gasteiger partial charge in [-0.3, -0.25) is 9.59 Å². The summed E-state index contributed by atoms with van der Waals surface area (Å²) in [5, 5.41) is 0. The first kappa shape index (κ1) is 25.2. The molecule has 1 amide bonds. The molecular formula is C27H36N2O3S. The molecule has 0 saturated carbocycles. The van der Waals surface area contributed by atoms with Crippen LogP contribution in [0.1, 0.15) is 72.3 Å². The molecule has 0 aromatic heterocycles. The maximum absolute atomic E-state index is 13.5. The van der Waals surface area contributed by atoms with Crippen LogP contribution in [0.5, 0.6) is 5.75 Å². The lowest BCUT2D eigenvalue weighted by Crippen LogP contribution is -2.51. The van der Waals surface area contributed by atoms with Crippen molar-refractivity contribution in [2.75, 3.05) is 24.5 Å². The highest BCUT2D eigenvalue weighted by Crippen LogP contribution is 2.38. The molecule has 0 aliphatic carbocycles. The van der Waals surface area contributed by atoms with E-state index in [0.29, 0.717) is 29.5 Å². The highest BCUT2D eigenvalue weighted by molar-refractivity contribution is 7.80. The molecule has 6 heteroatoms. The lowest BCUT2D eigenvalue weighted by molar-refractivity contribution is -0.130. The number of ketones is 1. The Morgan fingerprint density at radius 3 is 2.39 bits per heavy atom. The van der Waals surface area contributed by atoms with E-state index in [-0.39, 0.29) is 17.3 Å². The van der Waals surface area contributed by atoms with Gasteiger partial charge in [-0.1, -0.05) is 45.3 Å². The number of thiocarbonyl (C=S) groups is 1. The molecular weight excluding hydrogens is 432 g/mol. The van der Waals surface area contributed by atoms with E-state index >= 15 is 0 Å². The summed E-state index contributed by atoms with van der Waals surface area (Å²) in [6.07, 6.45) is 6.14. The van der Waals surface area contributed by atoms with Crippen molar-refractivity contribution >= 4 is 40.2 Å². The average Bonchev–Trinajstić information content (AvgIpc) is 2.79. The minimum Gasteiger partial charge on any atom is -0.456 e. The van der Waals surface area contributed by atoms with Crippen molar-refractivity contribution in [2.45, 2.75) is 66.7 Å². The van der Waals surface area contributed by atoms with Crippen LogP contribution in [-0.2, 0) is 9.59 Å². The van der Waals surface area contributed by atoms with Crippen LogP contribution in [0.15, 0.2) is 35.6 Å². The number of nitrogens with zero attached hydrogens (tertiary/aromatic N) is 2. The molecule has 0 spiro atoms. The Kier molecular flexibility index (Phi) is 8.46. The van der Waals surface area contributed by atoms with E-state index in [4.69, 9.17) is 17.0 Å². The molecule has 1 unspecified atom stereocenters. The molecule has 2 heterocycles. The van der Waals surface area contributed by atoms with Gasteiger partial charge in [-0.05, 0) is 57.4 Å². The molecule has 1 aromatic carbocycles. The first-order valence-electron chi connectivity index (χ1n) is 12.3. The molecule has 1 fully saturated rings. The molecule has 33 heavy (non-hydrogen) atoms. The number of hydrogen-bond acceptors (Lipinski definition) is 5. The van der Waals surface area contributed by atoms with Crippen LogP contribution in [0.4, 0.5) is 5.69 Å². The van der Waals surface area contributed by atoms with Gasteiger partial charge in [0.15, 0.2) is 5.78 Å². The van der Waals surface area contributed by atoms with E-state index in [9.17, 15) is 9.59 Å².